The monoisotopic (exact) mass is 761 g/mol. The number of rotatable bonds is 9. The Bertz CT molecular complexity index is 1770. The molecule has 7 nitrogen and oxygen atoms in total. The zero-order valence-electron chi connectivity index (χ0n) is 34.4. The summed E-state index contributed by atoms with van der Waals surface area (Å²) in [5.74, 6) is -0.151. The van der Waals surface area contributed by atoms with Gasteiger partial charge in [-0.3, -0.25) is 19.2 Å². The maximum atomic E-state index is 14.0. The van der Waals surface area contributed by atoms with Crippen LogP contribution in [0, 0.1) is 56.2 Å². The van der Waals surface area contributed by atoms with Crippen molar-refractivity contribution in [2.75, 3.05) is 0 Å². The predicted molar refractivity (Wildman–Crippen MR) is 212 cm³/mol. The molecule has 54 heavy (non-hydrogen) atoms. The second-order valence-corrected chi connectivity index (χ2v) is 20.5. The van der Waals surface area contributed by atoms with Crippen LogP contribution in [-0.4, -0.2) is 34.8 Å². The van der Waals surface area contributed by atoms with Crippen LogP contribution in [0.1, 0.15) is 145 Å². The number of carbonyl (C=O) groups excluding carboxylic acids is 3. The molecule has 0 spiro atoms. The van der Waals surface area contributed by atoms with Crippen LogP contribution in [0.4, 0.5) is 0 Å². The van der Waals surface area contributed by atoms with Crippen molar-refractivity contribution in [2.24, 2.45) is 56.2 Å². The topological polar surface area (TPSA) is 110 Å². The highest BCUT2D eigenvalue weighted by Gasteiger charge is 2.70. The van der Waals surface area contributed by atoms with Crippen LogP contribution in [-0.2, 0) is 23.9 Å². The number of aliphatic carboxylic acids is 1. The number of hydrogen-bond donors (Lipinski definition) is 2. The zero-order valence-corrected chi connectivity index (χ0v) is 35.1. The molecule has 0 unspecified atom stereocenters. The van der Waals surface area contributed by atoms with E-state index in [4.69, 9.17) is 16.3 Å². The molecule has 1 aromatic rings. The van der Waals surface area contributed by atoms with Gasteiger partial charge in [-0.15, -0.1) is 0 Å². The van der Waals surface area contributed by atoms with Crippen molar-refractivity contribution in [3.63, 3.8) is 0 Å². The SMILES string of the molecule is CC(C)C1=C2[C@H]3CC[C@@H]4[C@@]5(C)CC[C@H](OC(=O)CC(C)(C)C(=O)O)C(C)(C)[C@@H]5CC[C@@]4(C)[C@]3(C)CC[C@@]2(C=CC(=O)N[C@H](C)c2ccccc2Cl)CC1=O. The lowest BCUT2D eigenvalue weighted by molar-refractivity contribution is -0.232. The van der Waals surface area contributed by atoms with E-state index in [1.165, 1.54) is 5.57 Å². The summed E-state index contributed by atoms with van der Waals surface area (Å²) in [6, 6.07) is 7.32. The van der Waals surface area contributed by atoms with E-state index < -0.39 is 22.8 Å². The van der Waals surface area contributed by atoms with Crippen molar-refractivity contribution in [1.29, 1.82) is 0 Å². The largest absolute Gasteiger partial charge is 0.481 e. The average molecular weight is 762 g/mol. The van der Waals surface area contributed by atoms with Gasteiger partial charge in [0, 0.05) is 22.3 Å². The number of ether oxygens (including phenoxy) is 1. The molecule has 0 saturated heterocycles. The van der Waals surface area contributed by atoms with Crippen LogP contribution in [0.15, 0.2) is 47.6 Å². The maximum Gasteiger partial charge on any atom is 0.309 e. The highest BCUT2D eigenvalue weighted by Crippen LogP contribution is 2.77. The number of fused-ring (bicyclic) bond motifs is 7. The Balaban J connectivity index is 1.27. The summed E-state index contributed by atoms with van der Waals surface area (Å²) in [6.45, 7) is 21.5. The molecule has 296 valence electrons. The lowest BCUT2D eigenvalue weighted by Crippen LogP contribution is -2.65. The maximum absolute atomic E-state index is 14.0. The number of amides is 1. The number of carboxylic acid groups (broad SMARTS) is 1. The van der Waals surface area contributed by atoms with E-state index in [0.717, 1.165) is 62.5 Å². The molecule has 0 bridgehead atoms. The van der Waals surface area contributed by atoms with Gasteiger partial charge in [-0.25, -0.2) is 0 Å². The standard InChI is InChI=1S/C46H64ClNO6/c1-27(2)38-32(49)25-46(22-19-36(50)48-28(3)29-13-11-12-14-31(29)47)24-23-44(9)30(39(38)46)15-16-34-43(8)20-18-35(54-37(51)26-41(4,5)40(52)53)42(6,7)33(43)17-21-45(34,44)10/h11-14,19,22,27-28,30,33-35H,15-18,20-21,23-26H2,1-10H3,(H,48,50)(H,52,53)/t28-,30-,33+,34-,35+,43+,44-,45-,46+/m1/s1. The Morgan fingerprint density at radius 3 is 2.28 bits per heavy atom. The molecule has 1 aromatic carbocycles. The van der Waals surface area contributed by atoms with E-state index >= 15 is 0 Å². The summed E-state index contributed by atoms with van der Waals surface area (Å²) in [5, 5.41) is 13.3. The quantitative estimate of drug-likeness (QED) is 0.192. The van der Waals surface area contributed by atoms with Gasteiger partial charge in [0.1, 0.15) is 6.10 Å². The van der Waals surface area contributed by atoms with Crippen LogP contribution in [0.5, 0.6) is 0 Å². The number of carbonyl (C=O) groups is 4. The molecule has 5 aliphatic carbocycles. The second-order valence-electron chi connectivity index (χ2n) is 20.1. The van der Waals surface area contributed by atoms with Gasteiger partial charge in [-0.1, -0.05) is 84.3 Å². The molecule has 5 aliphatic rings. The van der Waals surface area contributed by atoms with Crippen molar-refractivity contribution in [3.05, 3.63) is 58.1 Å². The van der Waals surface area contributed by atoms with E-state index in [-0.39, 0.29) is 63.8 Å². The summed E-state index contributed by atoms with van der Waals surface area (Å²) in [7, 11) is 0. The summed E-state index contributed by atoms with van der Waals surface area (Å²) in [4.78, 5) is 52.3. The Labute approximate surface area is 328 Å². The lowest BCUT2D eigenvalue weighted by Gasteiger charge is -2.72. The van der Waals surface area contributed by atoms with E-state index in [0.29, 0.717) is 23.3 Å². The van der Waals surface area contributed by atoms with Crippen LogP contribution < -0.4 is 5.32 Å². The highest BCUT2D eigenvalue weighted by molar-refractivity contribution is 6.31. The molecule has 4 fully saturated rings. The molecule has 0 aliphatic heterocycles. The molecule has 9 atom stereocenters. The number of benzene rings is 1. The fourth-order valence-corrected chi connectivity index (χ4v) is 13.4. The fourth-order valence-electron chi connectivity index (χ4n) is 13.1. The molecule has 0 aromatic heterocycles. The molecule has 4 saturated carbocycles. The number of hydrogen-bond acceptors (Lipinski definition) is 5. The normalized spacial score (nSPS) is 36.6. The van der Waals surface area contributed by atoms with Gasteiger partial charge >= 0.3 is 11.9 Å². The number of esters is 1. The lowest BCUT2D eigenvalue weighted by atomic mass is 9.33. The first-order valence-electron chi connectivity index (χ1n) is 20.5. The highest BCUT2D eigenvalue weighted by atomic mass is 35.5. The molecule has 1 amide bonds. The van der Waals surface area contributed by atoms with Crippen LogP contribution >= 0.6 is 11.6 Å². The third-order valence-electron chi connectivity index (χ3n) is 16.1. The average Bonchev–Trinajstić information content (AvgIpc) is 3.37. The minimum absolute atomic E-state index is 0.0158. The number of carboxylic acids is 1. The van der Waals surface area contributed by atoms with E-state index in [9.17, 15) is 24.3 Å². The second kappa shape index (κ2) is 13.9. The third kappa shape index (κ3) is 6.40. The van der Waals surface area contributed by atoms with Gasteiger partial charge in [0.15, 0.2) is 5.78 Å². The molecule has 6 rings (SSSR count). The van der Waals surface area contributed by atoms with Crippen LogP contribution in [0.25, 0.3) is 0 Å². The van der Waals surface area contributed by atoms with Gasteiger partial charge in [-0.2, -0.15) is 0 Å². The smallest absolute Gasteiger partial charge is 0.309 e. The van der Waals surface area contributed by atoms with E-state index in [2.05, 4.69) is 59.9 Å². The van der Waals surface area contributed by atoms with Crippen molar-refractivity contribution >= 4 is 35.2 Å². The van der Waals surface area contributed by atoms with Crippen molar-refractivity contribution < 1.29 is 29.0 Å². The first kappa shape index (κ1) is 40.7. The molecule has 8 heteroatoms. The van der Waals surface area contributed by atoms with Gasteiger partial charge in [-0.05, 0) is 141 Å². The minimum atomic E-state index is -1.17. The van der Waals surface area contributed by atoms with Gasteiger partial charge in [0.05, 0.1) is 17.9 Å². The summed E-state index contributed by atoms with van der Waals surface area (Å²) in [5.41, 5.74) is 1.39. The van der Waals surface area contributed by atoms with E-state index in [1.807, 2.05) is 31.2 Å². The molecular formula is C46H64ClNO6. The first-order valence-corrected chi connectivity index (χ1v) is 20.9. The van der Waals surface area contributed by atoms with Crippen LogP contribution in [0.2, 0.25) is 5.02 Å². The van der Waals surface area contributed by atoms with Gasteiger partial charge < -0.3 is 15.2 Å². The number of Topliss-reactive ketones (excluding diaryl/α,β-unsaturated/α-hetero) is 1. The zero-order chi connectivity index (χ0) is 39.8. The van der Waals surface area contributed by atoms with Crippen LogP contribution in [0.3, 0.4) is 0 Å². The predicted octanol–water partition coefficient (Wildman–Crippen LogP) is 10.5. The Kier molecular flexibility index (Phi) is 10.5. The third-order valence-corrected chi connectivity index (χ3v) is 16.5. The van der Waals surface area contributed by atoms with Crippen molar-refractivity contribution in [1.82, 2.24) is 5.32 Å². The summed E-state index contributed by atoms with van der Waals surface area (Å²) >= 11 is 6.44. The molecular weight excluding hydrogens is 698 g/mol. The number of ketones is 1. The van der Waals surface area contributed by atoms with Crippen molar-refractivity contribution in [2.45, 2.75) is 146 Å². The number of halogens is 1. The van der Waals surface area contributed by atoms with Gasteiger partial charge in [0.25, 0.3) is 0 Å². The van der Waals surface area contributed by atoms with Crippen molar-refractivity contribution in [3.8, 4) is 0 Å². The summed E-state index contributed by atoms with van der Waals surface area (Å²) < 4.78 is 6.16. The Hall–Kier alpha value is -2.93. The molecule has 0 heterocycles. The first-order chi connectivity index (χ1) is 25.0. The number of nitrogens with one attached hydrogen (secondary N) is 1. The minimum Gasteiger partial charge on any atom is -0.481 e. The molecule has 0 radical (unpaired) electrons. The van der Waals surface area contributed by atoms with Gasteiger partial charge in [0.2, 0.25) is 5.91 Å². The Morgan fingerprint density at radius 2 is 1.63 bits per heavy atom. The Morgan fingerprint density at radius 1 is 0.944 bits per heavy atom. The molecule has 2 N–H and O–H groups in total. The summed E-state index contributed by atoms with van der Waals surface area (Å²) in [6.07, 6.45) is 11.6. The fraction of sp³-hybridized carbons (Fsp3) is 0.696. The van der Waals surface area contributed by atoms with E-state index in [1.54, 1.807) is 19.9 Å². The number of allylic oxidation sites excluding steroid dienone is 3.